The Morgan fingerprint density at radius 2 is 2.07 bits per heavy atom. The van der Waals surface area contributed by atoms with E-state index >= 15 is 0 Å². The predicted octanol–water partition coefficient (Wildman–Crippen LogP) is 4.42. The number of rotatable bonds is 4. The quantitative estimate of drug-likeness (QED) is 0.644. The van der Waals surface area contributed by atoms with Gasteiger partial charge in [-0.25, -0.2) is 4.98 Å². The van der Waals surface area contributed by atoms with Crippen molar-refractivity contribution >= 4 is 40.6 Å². The molecule has 0 amide bonds. The van der Waals surface area contributed by atoms with Crippen LogP contribution < -0.4 is 5.32 Å². The van der Waals surface area contributed by atoms with Gasteiger partial charge in [-0.1, -0.05) is 53.9 Å². The van der Waals surface area contributed by atoms with Gasteiger partial charge in [0.2, 0.25) is 0 Å². The lowest BCUT2D eigenvalue weighted by Gasteiger charge is -2.09. The van der Waals surface area contributed by atoms with Crippen LogP contribution in [0.15, 0.2) is 18.2 Å². The van der Waals surface area contributed by atoms with Gasteiger partial charge >= 0.3 is 0 Å². The zero-order chi connectivity index (χ0) is 11.4. The molecule has 1 N–H and O–H groups in total. The molecule has 1 aromatic heterocycles. The highest BCUT2D eigenvalue weighted by atomic mass is 35.5. The highest BCUT2D eigenvalue weighted by Crippen LogP contribution is 2.28. The van der Waals surface area contributed by atoms with E-state index in [0.29, 0.717) is 22.4 Å². The number of anilines is 1. The minimum Gasteiger partial charge on any atom is -0.365 e. The van der Waals surface area contributed by atoms with Crippen LogP contribution in [0.5, 0.6) is 0 Å². The van der Waals surface area contributed by atoms with Crippen molar-refractivity contribution in [1.82, 2.24) is 4.98 Å². The average molecular weight is 266 g/mol. The van der Waals surface area contributed by atoms with Crippen LogP contribution in [0.25, 0.3) is 0 Å². The maximum atomic E-state index is 5.93. The van der Waals surface area contributed by atoms with Crippen molar-refractivity contribution in [1.29, 1.82) is 0 Å². The topological polar surface area (TPSA) is 24.9 Å². The summed E-state index contributed by atoms with van der Waals surface area (Å²) in [5, 5.41) is 4.09. The van der Waals surface area contributed by atoms with Gasteiger partial charge in [0.1, 0.15) is 11.0 Å². The Balaban J connectivity index is 2.77. The minimum absolute atomic E-state index is 0.241. The van der Waals surface area contributed by atoms with Crippen LogP contribution in [0.2, 0.25) is 15.2 Å². The highest BCUT2D eigenvalue weighted by molar-refractivity contribution is 6.42. The van der Waals surface area contributed by atoms with E-state index in [1.165, 1.54) is 0 Å². The normalized spacial score (nSPS) is 10.1. The second kappa shape index (κ2) is 5.59. The minimum atomic E-state index is 0.241. The molecule has 15 heavy (non-hydrogen) atoms. The van der Waals surface area contributed by atoms with E-state index in [-0.39, 0.29) is 5.15 Å². The van der Waals surface area contributed by atoms with Gasteiger partial charge in [0, 0.05) is 6.54 Å². The molecule has 0 saturated carbocycles. The van der Waals surface area contributed by atoms with Gasteiger partial charge in [-0.05, 0) is 12.5 Å². The Labute approximate surface area is 104 Å². The van der Waals surface area contributed by atoms with Gasteiger partial charge in [0.25, 0.3) is 0 Å². The van der Waals surface area contributed by atoms with Crippen LogP contribution in [0.1, 0.15) is 13.3 Å². The zero-order valence-electron chi connectivity index (χ0n) is 8.28. The Bertz CT molecular complexity index is 377. The molecular formula is C10H11Cl3N2. The molecule has 0 spiro atoms. The highest BCUT2D eigenvalue weighted by Gasteiger charge is 2.07. The first-order valence-electron chi connectivity index (χ1n) is 4.46. The zero-order valence-corrected chi connectivity index (χ0v) is 10.5. The standard InChI is InChI=1S/C10H11Cl3N2/c1-3-6(2)5-14-10-8(12)4-7(11)9(13)15-10/h4H,2-3,5H2,1H3,(H,14,15). The maximum absolute atomic E-state index is 5.93. The van der Waals surface area contributed by atoms with Crippen LogP contribution in [-0.4, -0.2) is 11.5 Å². The van der Waals surface area contributed by atoms with E-state index in [4.69, 9.17) is 34.8 Å². The van der Waals surface area contributed by atoms with Crippen LogP contribution >= 0.6 is 34.8 Å². The largest absolute Gasteiger partial charge is 0.365 e. The van der Waals surface area contributed by atoms with E-state index in [1.807, 2.05) is 6.92 Å². The van der Waals surface area contributed by atoms with Crippen molar-refractivity contribution < 1.29 is 0 Å². The molecule has 1 rings (SSSR count). The van der Waals surface area contributed by atoms with E-state index in [2.05, 4.69) is 16.9 Å². The fourth-order valence-electron chi connectivity index (χ4n) is 0.902. The molecule has 1 aromatic rings. The van der Waals surface area contributed by atoms with E-state index < -0.39 is 0 Å². The number of halogens is 3. The summed E-state index contributed by atoms with van der Waals surface area (Å²) < 4.78 is 0. The van der Waals surface area contributed by atoms with E-state index in [0.717, 1.165) is 12.0 Å². The summed E-state index contributed by atoms with van der Waals surface area (Å²) in [5.41, 5.74) is 1.07. The molecule has 0 unspecified atom stereocenters. The molecule has 2 nitrogen and oxygen atoms in total. The first-order valence-corrected chi connectivity index (χ1v) is 5.60. The van der Waals surface area contributed by atoms with Crippen molar-refractivity contribution in [2.24, 2.45) is 0 Å². The molecule has 0 aliphatic rings. The molecule has 5 heteroatoms. The van der Waals surface area contributed by atoms with Gasteiger partial charge in [-0.2, -0.15) is 0 Å². The maximum Gasteiger partial charge on any atom is 0.150 e. The Morgan fingerprint density at radius 1 is 1.40 bits per heavy atom. The Hall–Kier alpha value is -0.440. The SMILES string of the molecule is C=C(CC)CNc1nc(Cl)c(Cl)cc1Cl. The monoisotopic (exact) mass is 264 g/mol. The van der Waals surface area contributed by atoms with Gasteiger partial charge in [-0.15, -0.1) is 0 Å². The third-order valence-electron chi connectivity index (χ3n) is 1.89. The number of nitrogens with one attached hydrogen (secondary N) is 1. The van der Waals surface area contributed by atoms with E-state index in [9.17, 15) is 0 Å². The lowest BCUT2D eigenvalue weighted by Crippen LogP contribution is -2.05. The number of aromatic nitrogens is 1. The number of pyridine rings is 1. The smallest absolute Gasteiger partial charge is 0.150 e. The van der Waals surface area contributed by atoms with Crippen molar-refractivity contribution in [2.75, 3.05) is 11.9 Å². The van der Waals surface area contributed by atoms with Gasteiger partial charge in [0.05, 0.1) is 10.0 Å². The van der Waals surface area contributed by atoms with Gasteiger partial charge < -0.3 is 5.32 Å². The molecular weight excluding hydrogens is 254 g/mol. The summed E-state index contributed by atoms with van der Waals surface area (Å²) in [6.07, 6.45) is 0.909. The molecule has 0 atom stereocenters. The molecule has 0 bridgehead atoms. The molecule has 0 aromatic carbocycles. The van der Waals surface area contributed by atoms with E-state index in [1.54, 1.807) is 6.07 Å². The molecule has 1 heterocycles. The molecule has 0 aliphatic heterocycles. The second-order valence-corrected chi connectivity index (χ2v) is 4.22. The van der Waals surface area contributed by atoms with Crippen molar-refractivity contribution in [2.45, 2.75) is 13.3 Å². The first kappa shape index (κ1) is 12.6. The first-order chi connectivity index (χ1) is 7.04. The van der Waals surface area contributed by atoms with Crippen molar-refractivity contribution in [3.8, 4) is 0 Å². The van der Waals surface area contributed by atoms with Crippen LogP contribution in [0.4, 0.5) is 5.82 Å². The average Bonchev–Trinajstić information content (AvgIpc) is 2.21. The summed E-state index contributed by atoms with van der Waals surface area (Å²) in [5.74, 6) is 0.528. The van der Waals surface area contributed by atoms with Crippen LogP contribution in [-0.2, 0) is 0 Å². The molecule has 0 aliphatic carbocycles. The third kappa shape index (κ3) is 3.56. The predicted molar refractivity (Wildman–Crippen MR) is 67.2 cm³/mol. The summed E-state index contributed by atoms with van der Waals surface area (Å²) in [6, 6.07) is 1.56. The molecule has 0 fully saturated rings. The number of hydrogen-bond donors (Lipinski definition) is 1. The summed E-state index contributed by atoms with van der Waals surface area (Å²) in [7, 11) is 0. The summed E-state index contributed by atoms with van der Waals surface area (Å²) >= 11 is 17.5. The van der Waals surface area contributed by atoms with Gasteiger partial charge in [-0.3, -0.25) is 0 Å². The van der Waals surface area contributed by atoms with Crippen LogP contribution in [0, 0.1) is 0 Å². The van der Waals surface area contributed by atoms with Crippen molar-refractivity contribution in [3.05, 3.63) is 33.4 Å². The molecule has 0 radical (unpaired) electrons. The van der Waals surface area contributed by atoms with Crippen LogP contribution in [0.3, 0.4) is 0 Å². The molecule has 82 valence electrons. The fraction of sp³-hybridized carbons (Fsp3) is 0.300. The summed E-state index contributed by atoms with van der Waals surface area (Å²) in [6.45, 7) is 6.53. The lowest BCUT2D eigenvalue weighted by molar-refractivity contribution is 1.04. The molecule has 0 saturated heterocycles. The number of hydrogen-bond acceptors (Lipinski definition) is 2. The fourth-order valence-corrected chi connectivity index (χ4v) is 1.47. The number of nitrogens with zero attached hydrogens (tertiary/aromatic N) is 1. The van der Waals surface area contributed by atoms with Crippen molar-refractivity contribution in [3.63, 3.8) is 0 Å². The second-order valence-electron chi connectivity index (χ2n) is 3.05. The third-order valence-corrected chi connectivity index (χ3v) is 2.85. The lowest BCUT2D eigenvalue weighted by atomic mass is 10.2. The van der Waals surface area contributed by atoms with Gasteiger partial charge in [0.15, 0.2) is 0 Å². The Kier molecular flexibility index (Phi) is 4.71. The Morgan fingerprint density at radius 3 is 2.67 bits per heavy atom. The summed E-state index contributed by atoms with van der Waals surface area (Å²) in [4.78, 5) is 4.03.